The fourth-order valence-corrected chi connectivity index (χ4v) is 4.03. The Balaban J connectivity index is 2.02. The van der Waals surface area contributed by atoms with Crippen molar-refractivity contribution < 1.29 is 0 Å². The van der Waals surface area contributed by atoms with Gasteiger partial charge in [-0.25, -0.2) is 0 Å². The molecular formula is C17H30. The largest absolute Gasteiger partial charge is 0.0882 e. The van der Waals surface area contributed by atoms with Crippen molar-refractivity contribution in [3.63, 3.8) is 0 Å². The second kappa shape index (κ2) is 4.78. The summed E-state index contributed by atoms with van der Waals surface area (Å²) in [4.78, 5) is 0. The molecule has 2 aliphatic rings. The zero-order valence-corrected chi connectivity index (χ0v) is 12.3. The lowest BCUT2D eigenvalue weighted by molar-refractivity contribution is 0.0644. The lowest BCUT2D eigenvalue weighted by Gasteiger charge is -2.46. The Labute approximate surface area is 108 Å². The van der Waals surface area contributed by atoms with Crippen LogP contribution in [0.1, 0.15) is 72.6 Å². The van der Waals surface area contributed by atoms with Gasteiger partial charge in [-0.1, -0.05) is 52.7 Å². The average Bonchev–Trinajstić information content (AvgIpc) is 2.27. The first kappa shape index (κ1) is 13.2. The highest BCUT2D eigenvalue weighted by atomic mass is 14.4. The molecule has 0 aromatic carbocycles. The molecular weight excluding hydrogens is 204 g/mol. The maximum Gasteiger partial charge on any atom is -0.0208 e. The van der Waals surface area contributed by atoms with Gasteiger partial charge in [-0.2, -0.15) is 0 Å². The Morgan fingerprint density at radius 3 is 2.29 bits per heavy atom. The van der Waals surface area contributed by atoms with Crippen LogP contribution in [-0.4, -0.2) is 0 Å². The van der Waals surface area contributed by atoms with Crippen LogP contribution in [0.25, 0.3) is 0 Å². The lowest BCUT2D eigenvalue weighted by Crippen LogP contribution is -2.35. The monoisotopic (exact) mass is 234 g/mol. The van der Waals surface area contributed by atoms with Crippen molar-refractivity contribution in [3.8, 4) is 0 Å². The first-order valence-electron chi connectivity index (χ1n) is 7.60. The topological polar surface area (TPSA) is 0 Å². The molecule has 1 fully saturated rings. The summed E-state index contributed by atoms with van der Waals surface area (Å²) in [6.07, 6.45) is 14.8. The van der Waals surface area contributed by atoms with Crippen LogP contribution in [0.2, 0.25) is 0 Å². The quantitative estimate of drug-likeness (QED) is 0.547. The molecule has 1 saturated carbocycles. The summed E-state index contributed by atoms with van der Waals surface area (Å²) >= 11 is 0. The SMILES string of the molecule is CC1CCC(C)(C[C@]2(C)CCC=C[C@H]2C)CC1. The first-order valence-corrected chi connectivity index (χ1v) is 7.60. The van der Waals surface area contributed by atoms with Gasteiger partial charge in [0.15, 0.2) is 0 Å². The van der Waals surface area contributed by atoms with Gasteiger partial charge in [-0.05, 0) is 54.8 Å². The van der Waals surface area contributed by atoms with Crippen molar-refractivity contribution in [2.24, 2.45) is 22.7 Å². The Morgan fingerprint density at radius 1 is 1.06 bits per heavy atom. The molecule has 0 amide bonds. The van der Waals surface area contributed by atoms with Gasteiger partial charge < -0.3 is 0 Å². The zero-order chi connectivity index (χ0) is 12.5. The van der Waals surface area contributed by atoms with E-state index in [2.05, 4.69) is 39.8 Å². The predicted octanol–water partition coefficient (Wildman–Crippen LogP) is 5.59. The summed E-state index contributed by atoms with van der Waals surface area (Å²) in [5, 5.41) is 0. The molecule has 2 rings (SSSR count). The van der Waals surface area contributed by atoms with Crippen molar-refractivity contribution in [1.29, 1.82) is 0 Å². The summed E-state index contributed by atoms with van der Waals surface area (Å²) in [6, 6.07) is 0. The van der Waals surface area contributed by atoms with Crippen LogP contribution < -0.4 is 0 Å². The molecule has 17 heavy (non-hydrogen) atoms. The fraction of sp³-hybridized carbons (Fsp3) is 0.882. The molecule has 0 heteroatoms. The normalized spacial score (nSPS) is 47.1. The molecule has 0 N–H and O–H groups in total. The third-order valence-corrected chi connectivity index (χ3v) is 5.72. The van der Waals surface area contributed by atoms with Crippen LogP contribution in [0.15, 0.2) is 12.2 Å². The summed E-state index contributed by atoms with van der Waals surface area (Å²) in [5.74, 6) is 1.74. The second-order valence-corrected chi connectivity index (χ2v) is 7.58. The van der Waals surface area contributed by atoms with Crippen molar-refractivity contribution in [2.75, 3.05) is 0 Å². The maximum absolute atomic E-state index is 2.55. The van der Waals surface area contributed by atoms with Crippen LogP contribution >= 0.6 is 0 Å². The van der Waals surface area contributed by atoms with E-state index in [4.69, 9.17) is 0 Å². The molecule has 2 aliphatic carbocycles. The van der Waals surface area contributed by atoms with Gasteiger partial charge in [0, 0.05) is 0 Å². The average molecular weight is 234 g/mol. The fourth-order valence-electron chi connectivity index (χ4n) is 4.03. The Kier molecular flexibility index (Phi) is 3.71. The van der Waals surface area contributed by atoms with E-state index >= 15 is 0 Å². The van der Waals surface area contributed by atoms with Crippen LogP contribution in [0.5, 0.6) is 0 Å². The summed E-state index contributed by atoms with van der Waals surface area (Å²) in [5.41, 5.74) is 1.19. The summed E-state index contributed by atoms with van der Waals surface area (Å²) < 4.78 is 0. The smallest absolute Gasteiger partial charge is 0.0208 e. The van der Waals surface area contributed by atoms with Crippen LogP contribution in [-0.2, 0) is 0 Å². The van der Waals surface area contributed by atoms with Crippen LogP contribution in [0, 0.1) is 22.7 Å². The summed E-state index contributed by atoms with van der Waals surface area (Å²) in [7, 11) is 0. The minimum absolute atomic E-state index is 0.560. The van der Waals surface area contributed by atoms with Gasteiger partial charge in [0.2, 0.25) is 0 Å². The molecule has 0 radical (unpaired) electrons. The third-order valence-electron chi connectivity index (χ3n) is 5.72. The van der Waals surface area contributed by atoms with E-state index in [0.29, 0.717) is 10.8 Å². The Bertz CT molecular complexity index is 280. The molecule has 0 saturated heterocycles. The van der Waals surface area contributed by atoms with Crippen molar-refractivity contribution >= 4 is 0 Å². The van der Waals surface area contributed by atoms with E-state index < -0.39 is 0 Å². The van der Waals surface area contributed by atoms with E-state index in [-0.39, 0.29) is 0 Å². The molecule has 0 aromatic rings. The molecule has 0 aliphatic heterocycles. The van der Waals surface area contributed by atoms with E-state index in [1.807, 2.05) is 0 Å². The van der Waals surface area contributed by atoms with Crippen LogP contribution in [0.4, 0.5) is 0 Å². The molecule has 0 heterocycles. The molecule has 98 valence electrons. The molecule has 2 atom stereocenters. The number of rotatable bonds is 2. The standard InChI is InChI=1S/C17H30/c1-14-8-11-16(3,12-9-14)13-17(4)10-6-5-7-15(17)2/h5,7,14-15H,6,8-13H2,1-4H3/t14?,15-,16?,17+/m1/s1. The van der Waals surface area contributed by atoms with Gasteiger partial charge in [0.25, 0.3) is 0 Å². The van der Waals surface area contributed by atoms with E-state index in [0.717, 1.165) is 11.8 Å². The number of allylic oxidation sites excluding steroid dienone is 2. The molecule has 0 nitrogen and oxygen atoms in total. The van der Waals surface area contributed by atoms with E-state index in [1.54, 1.807) is 0 Å². The third kappa shape index (κ3) is 2.95. The van der Waals surface area contributed by atoms with Crippen molar-refractivity contribution in [2.45, 2.75) is 72.6 Å². The van der Waals surface area contributed by atoms with E-state index in [1.165, 1.54) is 44.9 Å². The minimum Gasteiger partial charge on any atom is -0.0882 e. The van der Waals surface area contributed by atoms with Crippen molar-refractivity contribution in [1.82, 2.24) is 0 Å². The summed E-state index contributed by atoms with van der Waals surface area (Å²) in [6.45, 7) is 9.93. The first-order chi connectivity index (χ1) is 7.94. The van der Waals surface area contributed by atoms with Gasteiger partial charge in [0.1, 0.15) is 0 Å². The van der Waals surface area contributed by atoms with Gasteiger partial charge in [-0.15, -0.1) is 0 Å². The lowest BCUT2D eigenvalue weighted by atomic mass is 9.59. The molecule has 0 aromatic heterocycles. The minimum atomic E-state index is 0.560. The van der Waals surface area contributed by atoms with Gasteiger partial charge >= 0.3 is 0 Å². The predicted molar refractivity (Wildman–Crippen MR) is 76.0 cm³/mol. The van der Waals surface area contributed by atoms with Crippen molar-refractivity contribution in [3.05, 3.63) is 12.2 Å². The molecule has 0 bridgehead atoms. The Morgan fingerprint density at radius 2 is 1.71 bits per heavy atom. The zero-order valence-electron chi connectivity index (χ0n) is 12.3. The van der Waals surface area contributed by atoms with Gasteiger partial charge in [-0.3, -0.25) is 0 Å². The highest BCUT2D eigenvalue weighted by Gasteiger charge is 2.40. The van der Waals surface area contributed by atoms with Gasteiger partial charge in [0.05, 0.1) is 0 Å². The number of hydrogen-bond acceptors (Lipinski definition) is 0. The Hall–Kier alpha value is -0.260. The second-order valence-electron chi connectivity index (χ2n) is 7.58. The molecule has 0 unspecified atom stereocenters. The highest BCUT2D eigenvalue weighted by Crippen LogP contribution is 2.51. The molecule has 0 spiro atoms. The number of hydrogen-bond donors (Lipinski definition) is 0. The highest BCUT2D eigenvalue weighted by molar-refractivity contribution is 5.03. The van der Waals surface area contributed by atoms with Crippen LogP contribution in [0.3, 0.4) is 0 Å². The van der Waals surface area contributed by atoms with E-state index in [9.17, 15) is 0 Å². The maximum atomic E-state index is 2.55.